The fraction of sp³-hybridized carbons (Fsp3) is 0.571. The predicted octanol–water partition coefficient (Wildman–Crippen LogP) is 2.06. The van der Waals surface area contributed by atoms with E-state index in [1.54, 1.807) is 11.9 Å². The molecule has 0 unspecified atom stereocenters. The lowest BCUT2D eigenvalue weighted by molar-refractivity contribution is 0.00354. The van der Waals surface area contributed by atoms with Gasteiger partial charge in [-0.1, -0.05) is 18.2 Å². The van der Waals surface area contributed by atoms with E-state index in [1.165, 1.54) is 4.90 Å². The molecule has 0 N–H and O–H groups in total. The van der Waals surface area contributed by atoms with E-state index >= 15 is 0 Å². The Labute approximate surface area is 119 Å². The number of nitrogens with zero attached hydrogens (tertiary/aromatic N) is 1. The summed E-state index contributed by atoms with van der Waals surface area (Å²) in [5, 5.41) is 0. The second kappa shape index (κ2) is 9.34. The van der Waals surface area contributed by atoms with Crippen LogP contribution in [-0.2, 0) is 14.2 Å². The van der Waals surface area contributed by atoms with Gasteiger partial charge >= 0.3 is 0 Å². The van der Waals surface area contributed by atoms with E-state index in [0.29, 0.717) is 26.4 Å². The SMILES string of the molecule is c1ccc(SN2CCOCCOCCOCC2)cc1. The third-order valence-corrected chi connectivity index (χ3v) is 3.80. The standard InChI is InChI=1S/C14H21NO3S/c1-2-4-14(5-3-1)19-15-6-8-16-10-12-18-13-11-17-9-7-15/h1-5H,6-13H2. The largest absolute Gasteiger partial charge is 0.378 e. The molecule has 0 saturated carbocycles. The molecule has 1 fully saturated rings. The van der Waals surface area contributed by atoms with Crippen molar-refractivity contribution in [2.75, 3.05) is 52.7 Å². The van der Waals surface area contributed by atoms with Crippen molar-refractivity contribution in [1.29, 1.82) is 0 Å². The highest BCUT2D eigenvalue weighted by Gasteiger charge is 2.08. The minimum Gasteiger partial charge on any atom is -0.378 e. The molecular formula is C14H21NO3S. The van der Waals surface area contributed by atoms with Crippen LogP contribution in [0.3, 0.4) is 0 Å². The Balaban J connectivity index is 1.81. The Bertz CT molecular complexity index is 325. The van der Waals surface area contributed by atoms with Gasteiger partial charge < -0.3 is 14.2 Å². The highest BCUT2D eigenvalue weighted by molar-refractivity contribution is 7.97. The molecule has 1 saturated heterocycles. The molecule has 0 bridgehead atoms. The van der Waals surface area contributed by atoms with Gasteiger partial charge in [0.2, 0.25) is 0 Å². The van der Waals surface area contributed by atoms with Crippen molar-refractivity contribution in [1.82, 2.24) is 4.31 Å². The van der Waals surface area contributed by atoms with Gasteiger partial charge in [0.15, 0.2) is 0 Å². The highest BCUT2D eigenvalue weighted by Crippen LogP contribution is 2.21. The molecule has 0 spiro atoms. The molecule has 2 rings (SSSR count). The van der Waals surface area contributed by atoms with Crippen molar-refractivity contribution >= 4 is 11.9 Å². The first-order valence-corrected chi connectivity index (χ1v) is 7.44. The second-order valence-electron chi connectivity index (χ2n) is 4.17. The molecule has 5 heteroatoms. The van der Waals surface area contributed by atoms with Crippen molar-refractivity contribution in [3.8, 4) is 0 Å². The quantitative estimate of drug-likeness (QED) is 0.776. The van der Waals surface area contributed by atoms with Crippen molar-refractivity contribution in [3.63, 3.8) is 0 Å². The Kier molecular flexibility index (Phi) is 7.28. The fourth-order valence-corrected chi connectivity index (χ4v) is 2.62. The molecule has 4 nitrogen and oxygen atoms in total. The van der Waals surface area contributed by atoms with E-state index in [4.69, 9.17) is 14.2 Å². The van der Waals surface area contributed by atoms with Gasteiger partial charge in [0, 0.05) is 18.0 Å². The van der Waals surface area contributed by atoms with Crippen LogP contribution >= 0.6 is 11.9 Å². The van der Waals surface area contributed by atoms with Gasteiger partial charge in [-0.05, 0) is 24.1 Å². The summed E-state index contributed by atoms with van der Waals surface area (Å²) >= 11 is 1.76. The summed E-state index contributed by atoms with van der Waals surface area (Å²) in [6.07, 6.45) is 0. The zero-order chi connectivity index (χ0) is 13.2. The van der Waals surface area contributed by atoms with E-state index in [-0.39, 0.29) is 0 Å². The molecule has 1 heterocycles. The molecule has 1 aromatic carbocycles. The molecule has 0 aliphatic carbocycles. The lowest BCUT2D eigenvalue weighted by atomic mass is 10.4. The fourth-order valence-electron chi connectivity index (χ4n) is 1.71. The number of benzene rings is 1. The first-order valence-electron chi connectivity index (χ1n) is 6.66. The average Bonchev–Trinajstić information content (AvgIpc) is 2.43. The van der Waals surface area contributed by atoms with Crippen LogP contribution in [0.2, 0.25) is 0 Å². The maximum Gasteiger partial charge on any atom is 0.0701 e. The maximum absolute atomic E-state index is 5.55. The summed E-state index contributed by atoms with van der Waals surface area (Å²) in [6, 6.07) is 10.4. The Morgan fingerprint density at radius 2 is 1.26 bits per heavy atom. The maximum atomic E-state index is 5.55. The van der Waals surface area contributed by atoms with Crippen molar-refractivity contribution in [2.45, 2.75) is 4.90 Å². The number of hydrogen-bond acceptors (Lipinski definition) is 5. The third kappa shape index (κ3) is 6.40. The van der Waals surface area contributed by atoms with Gasteiger partial charge in [0.25, 0.3) is 0 Å². The molecule has 0 atom stereocenters. The first-order chi connectivity index (χ1) is 9.45. The second-order valence-corrected chi connectivity index (χ2v) is 5.34. The van der Waals surface area contributed by atoms with E-state index in [9.17, 15) is 0 Å². The summed E-state index contributed by atoms with van der Waals surface area (Å²) in [5.74, 6) is 0. The molecule has 0 aromatic heterocycles. The van der Waals surface area contributed by atoms with Crippen molar-refractivity contribution < 1.29 is 14.2 Å². The van der Waals surface area contributed by atoms with Crippen LogP contribution in [0.4, 0.5) is 0 Å². The smallest absolute Gasteiger partial charge is 0.0701 e. The molecule has 1 aliphatic rings. The number of rotatable bonds is 2. The molecule has 19 heavy (non-hydrogen) atoms. The molecule has 1 aliphatic heterocycles. The molecule has 106 valence electrons. The predicted molar refractivity (Wildman–Crippen MR) is 76.3 cm³/mol. The van der Waals surface area contributed by atoms with E-state index in [0.717, 1.165) is 26.3 Å². The van der Waals surface area contributed by atoms with E-state index in [2.05, 4.69) is 28.6 Å². The Morgan fingerprint density at radius 1 is 0.737 bits per heavy atom. The van der Waals surface area contributed by atoms with Gasteiger partial charge in [0.05, 0.1) is 39.6 Å². The van der Waals surface area contributed by atoms with E-state index < -0.39 is 0 Å². The summed E-state index contributed by atoms with van der Waals surface area (Å²) < 4.78 is 18.8. The van der Waals surface area contributed by atoms with Gasteiger partial charge in [-0.15, -0.1) is 0 Å². The lowest BCUT2D eigenvalue weighted by Gasteiger charge is -2.21. The Hall–Kier alpha value is -0.590. The summed E-state index contributed by atoms with van der Waals surface area (Å²) in [5.41, 5.74) is 0. The minimum absolute atomic E-state index is 0.648. The first kappa shape index (κ1) is 14.8. The van der Waals surface area contributed by atoms with Crippen molar-refractivity contribution in [2.24, 2.45) is 0 Å². The van der Waals surface area contributed by atoms with Crippen LogP contribution in [0.1, 0.15) is 0 Å². The zero-order valence-electron chi connectivity index (χ0n) is 11.1. The molecule has 1 aromatic rings. The highest BCUT2D eigenvalue weighted by atomic mass is 32.2. The van der Waals surface area contributed by atoms with Crippen LogP contribution in [0.5, 0.6) is 0 Å². The zero-order valence-corrected chi connectivity index (χ0v) is 11.9. The monoisotopic (exact) mass is 283 g/mol. The van der Waals surface area contributed by atoms with Gasteiger partial charge in [0.1, 0.15) is 0 Å². The molecular weight excluding hydrogens is 262 g/mol. The average molecular weight is 283 g/mol. The van der Waals surface area contributed by atoms with Crippen LogP contribution < -0.4 is 0 Å². The van der Waals surface area contributed by atoms with Crippen LogP contribution in [0.25, 0.3) is 0 Å². The van der Waals surface area contributed by atoms with Crippen molar-refractivity contribution in [3.05, 3.63) is 30.3 Å². The van der Waals surface area contributed by atoms with Crippen LogP contribution in [0.15, 0.2) is 35.2 Å². The minimum atomic E-state index is 0.648. The van der Waals surface area contributed by atoms with Gasteiger partial charge in [-0.2, -0.15) is 0 Å². The lowest BCUT2D eigenvalue weighted by Crippen LogP contribution is -2.27. The van der Waals surface area contributed by atoms with Crippen LogP contribution in [0, 0.1) is 0 Å². The summed E-state index contributed by atoms with van der Waals surface area (Å²) in [7, 11) is 0. The van der Waals surface area contributed by atoms with E-state index in [1.807, 2.05) is 6.07 Å². The summed E-state index contributed by atoms with van der Waals surface area (Å²) in [4.78, 5) is 1.25. The van der Waals surface area contributed by atoms with Gasteiger partial charge in [-0.25, -0.2) is 4.31 Å². The topological polar surface area (TPSA) is 30.9 Å². The van der Waals surface area contributed by atoms with Gasteiger partial charge in [-0.3, -0.25) is 0 Å². The molecule has 0 radical (unpaired) electrons. The summed E-state index contributed by atoms with van der Waals surface area (Å²) in [6.45, 7) is 5.84. The normalized spacial score (nSPS) is 20.4. The van der Waals surface area contributed by atoms with Crippen LogP contribution in [-0.4, -0.2) is 57.0 Å². The molecule has 0 amide bonds. The Morgan fingerprint density at radius 3 is 1.84 bits per heavy atom. The number of hydrogen-bond donors (Lipinski definition) is 0. The third-order valence-electron chi connectivity index (χ3n) is 2.69. The number of ether oxygens (including phenoxy) is 3.